The van der Waals surface area contributed by atoms with Gasteiger partial charge in [0.05, 0.1) is 0 Å². The molecule has 68 valence electrons. The van der Waals surface area contributed by atoms with Gasteiger partial charge in [-0.15, -0.1) is 0 Å². The monoisotopic (exact) mass is 159 g/mol. The lowest BCUT2D eigenvalue weighted by molar-refractivity contribution is 0.267. The smallest absolute Gasteiger partial charge is 0.0431 e. The molecule has 0 aliphatic heterocycles. The summed E-state index contributed by atoms with van der Waals surface area (Å²) in [6.07, 6.45) is 1.94. The topological polar surface area (TPSA) is 32.3 Å². The lowest BCUT2D eigenvalue weighted by Gasteiger charge is -2.25. The third-order valence-electron chi connectivity index (χ3n) is 1.47. The van der Waals surface area contributed by atoms with E-state index in [4.69, 9.17) is 5.11 Å². The lowest BCUT2D eigenvalue weighted by atomic mass is 10.1. The Bertz CT molecular complexity index is 96.2. The second-order valence-electron chi connectivity index (χ2n) is 4.16. The zero-order valence-electron chi connectivity index (χ0n) is 8.15. The highest BCUT2D eigenvalue weighted by Gasteiger charge is 2.12. The molecule has 0 heterocycles. The molecular weight excluding hydrogens is 138 g/mol. The van der Waals surface area contributed by atoms with Gasteiger partial charge in [-0.1, -0.05) is 0 Å². The van der Waals surface area contributed by atoms with E-state index < -0.39 is 0 Å². The van der Waals surface area contributed by atoms with Crippen LogP contribution in [0.4, 0.5) is 0 Å². The van der Waals surface area contributed by atoms with Crippen molar-refractivity contribution >= 4 is 0 Å². The molecule has 2 N–H and O–H groups in total. The molecule has 0 rings (SSSR count). The first-order valence-corrected chi connectivity index (χ1v) is 4.34. The van der Waals surface area contributed by atoms with Gasteiger partial charge < -0.3 is 10.4 Å². The van der Waals surface area contributed by atoms with Crippen molar-refractivity contribution in [3.8, 4) is 0 Å². The van der Waals surface area contributed by atoms with Crippen LogP contribution in [0.2, 0.25) is 0 Å². The Hall–Kier alpha value is -0.0800. The average Bonchev–Trinajstić information content (AvgIpc) is 1.79. The van der Waals surface area contributed by atoms with Gasteiger partial charge in [0.15, 0.2) is 0 Å². The lowest BCUT2D eigenvalue weighted by Crippen LogP contribution is -2.42. The number of rotatable bonds is 4. The van der Waals surface area contributed by atoms with Gasteiger partial charge in [0.2, 0.25) is 0 Å². The van der Waals surface area contributed by atoms with Gasteiger partial charge in [-0.25, -0.2) is 0 Å². The summed E-state index contributed by atoms with van der Waals surface area (Å²) < 4.78 is 0. The molecule has 1 unspecified atom stereocenters. The van der Waals surface area contributed by atoms with E-state index in [9.17, 15) is 0 Å². The minimum absolute atomic E-state index is 0.189. The molecule has 0 spiro atoms. The van der Waals surface area contributed by atoms with Crippen LogP contribution in [0.1, 0.15) is 40.5 Å². The number of aliphatic hydroxyl groups is 1. The Morgan fingerprint density at radius 2 is 1.91 bits per heavy atom. The van der Waals surface area contributed by atoms with Crippen molar-refractivity contribution in [1.29, 1.82) is 0 Å². The van der Waals surface area contributed by atoms with Crippen LogP contribution in [0, 0.1) is 0 Å². The van der Waals surface area contributed by atoms with Crippen LogP contribution in [0.3, 0.4) is 0 Å². The normalized spacial score (nSPS) is 15.0. The SMILES string of the molecule is CC(CCCO)NC(C)(C)C. The van der Waals surface area contributed by atoms with E-state index >= 15 is 0 Å². The van der Waals surface area contributed by atoms with Crippen LogP contribution >= 0.6 is 0 Å². The molecule has 0 radical (unpaired) electrons. The summed E-state index contributed by atoms with van der Waals surface area (Å²) in [5.74, 6) is 0. The van der Waals surface area contributed by atoms with Gasteiger partial charge in [-0.05, 0) is 40.5 Å². The summed E-state index contributed by atoms with van der Waals surface area (Å²) in [7, 11) is 0. The maximum atomic E-state index is 8.59. The molecule has 0 fully saturated rings. The second kappa shape index (κ2) is 4.73. The van der Waals surface area contributed by atoms with Crippen molar-refractivity contribution in [1.82, 2.24) is 5.32 Å². The summed E-state index contributed by atoms with van der Waals surface area (Å²) >= 11 is 0. The zero-order valence-corrected chi connectivity index (χ0v) is 8.15. The van der Waals surface area contributed by atoms with Crippen LogP contribution in [0.25, 0.3) is 0 Å². The molecule has 0 bridgehead atoms. The fourth-order valence-corrected chi connectivity index (χ4v) is 1.21. The predicted molar refractivity (Wildman–Crippen MR) is 48.7 cm³/mol. The van der Waals surface area contributed by atoms with Crippen molar-refractivity contribution in [2.75, 3.05) is 6.61 Å². The molecule has 0 amide bonds. The van der Waals surface area contributed by atoms with E-state index in [0.29, 0.717) is 12.6 Å². The van der Waals surface area contributed by atoms with Gasteiger partial charge in [0.25, 0.3) is 0 Å². The Morgan fingerprint density at radius 1 is 1.36 bits per heavy atom. The Morgan fingerprint density at radius 3 is 2.27 bits per heavy atom. The minimum Gasteiger partial charge on any atom is -0.396 e. The first-order chi connectivity index (χ1) is 4.95. The maximum Gasteiger partial charge on any atom is 0.0431 e. The summed E-state index contributed by atoms with van der Waals surface area (Å²) in [4.78, 5) is 0. The average molecular weight is 159 g/mol. The first-order valence-electron chi connectivity index (χ1n) is 4.34. The van der Waals surface area contributed by atoms with E-state index in [1.54, 1.807) is 0 Å². The quantitative estimate of drug-likeness (QED) is 0.652. The number of hydrogen-bond acceptors (Lipinski definition) is 2. The number of hydrogen-bond donors (Lipinski definition) is 2. The van der Waals surface area contributed by atoms with Gasteiger partial charge in [0, 0.05) is 18.2 Å². The van der Waals surface area contributed by atoms with Crippen molar-refractivity contribution in [2.24, 2.45) is 0 Å². The van der Waals surface area contributed by atoms with Crippen LogP contribution in [-0.2, 0) is 0 Å². The largest absolute Gasteiger partial charge is 0.396 e. The van der Waals surface area contributed by atoms with Gasteiger partial charge in [0.1, 0.15) is 0 Å². The van der Waals surface area contributed by atoms with E-state index in [-0.39, 0.29) is 5.54 Å². The maximum absolute atomic E-state index is 8.59. The predicted octanol–water partition coefficient (Wildman–Crippen LogP) is 1.54. The van der Waals surface area contributed by atoms with E-state index in [1.807, 2.05) is 0 Å². The Balaban J connectivity index is 3.44. The van der Waals surface area contributed by atoms with Gasteiger partial charge in [-0.3, -0.25) is 0 Å². The zero-order chi connectivity index (χ0) is 8.91. The molecule has 0 aromatic rings. The third-order valence-corrected chi connectivity index (χ3v) is 1.47. The Labute approximate surface area is 70.0 Å². The minimum atomic E-state index is 0.189. The molecule has 2 heteroatoms. The highest BCUT2D eigenvalue weighted by molar-refractivity contribution is 4.74. The fraction of sp³-hybridized carbons (Fsp3) is 1.00. The highest BCUT2D eigenvalue weighted by Crippen LogP contribution is 2.04. The molecule has 11 heavy (non-hydrogen) atoms. The Kier molecular flexibility index (Phi) is 4.69. The van der Waals surface area contributed by atoms with Crippen LogP contribution < -0.4 is 5.32 Å². The highest BCUT2D eigenvalue weighted by atomic mass is 16.2. The van der Waals surface area contributed by atoms with Crippen LogP contribution in [0.5, 0.6) is 0 Å². The number of nitrogens with one attached hydrogen (secondary N) is 1. The van der Waals surface area contributed by atoms with Gasteiger partial charge in [-0.2, -0.15) is 0 Å². The molecule has 0 saturated heterocycles. The molecule has 0 aliphatic carbocycles. The van der Waals surface area contributed by atoms with Gasteiger partial charge >= 0.3 is 0 Å². The van der Waals surface area contributed by atoms with E-state index in [2.05, 4.69) is 33.0 Å². The third kappa shape index (κ3) is 7.82. The molecule has 0 aromatic heterocycles. The van der Waals surface area contributed by atoms with E-state index in [1.165, 1.54) is 0 Å². The second-order valence-corrected chi connectivity index (χ2v) is 4.16. The standard InChI is InChI=1S/C9H21NO/c1-8(6-5-7-11)10-9(2,3)4/h8,10-11H,5-7H2,1-4H3. The molecule has 0 aliphatic rings. The van der Waals surface area contributed by atoms with Crippen LogP contribution in [-0.4, -0.2) is 23.3 Å². The molecule has 1 atom stereocenters. The number of aliphatic hydroxyl groups excluding tert-OH is 1. The van der Waals surface area contributed by atoms with Crippen molar-refractivity contribution in [3.63, 3.8) is 0 Å². The van der Waals surface area contributed by atoms with Crippen molar-refractivity contribution in [2.45, 2.75) is 52.1 Å². The van der Waals surface area contributed by atoms with Crippen molar-refractivity contribution in [3.05, 3.63) is 0 Å². The van der Waals surface area contributed by atoms with E-state index in [0.717, 1.165) is 12.8 Å². The summed E-state index contributed by atoms with van der Waals surface area (Å²) in [5.41, 5.74) is 0.189. The molecular formula is C9H21NO. The molecule has 2 nitrogen and oxygen atoms in total. The molecule has 0 saturated carbocycles. The summed E-state index contributed by atoms with van der Waals surface area (Å²) in [5, 5.41) is 12.0. The van der Waals surface area contributed by atoms with Crippen LogP contribution in [0.15, 0.2) is 0 Å². The fourth-order valence-electron chi connectivity index (χ4n) is 1.21. The van der Waals surface area contributed by atoms with Crippen molar-refractivity contribution < 1.29 is 5.11 Å². The molecule has 0 aromatic carbocycles. The summed E-state index contributed by atoms with van der Waals surface area (Å²) in [6, 6.07) is 0.502. The summed E-state index contributed by atoms with van der Waals surface area (Å²) in [6.45, 7) is 8.92. The first kappa shape index (κ1) is 10.9.